The van der Waals surface area contributed by atoms with Gasteiger partial charge in [-0.3, -0.25) is 4.79 Å². The Kier molecular flexibility index (Phi) is 8.45. The molecule has 1 saturated heterocycles. The number of primary amides is 1. The zero-order chi connectivity index (χ0) is 18.8. The van der Waals surface area contributed by atoms with Gasteiger partial charge < -0.3 is 15.2 Å². The van der Waals surface area contributed by atoms with Crippen LogP contribution in [-0.2, 0) is 16.0 Å². The normalized spacial score (nSPS) is 18.9. The Hall–Kier alpha value is -2.04. The van der Waals surface area contributed by atoms with Crippen LogP contribution in [0, 0.1) is 5.92 Å². The van der Waals surface area contributed by atoms with Crippen LogP contribution in [0.4, 0.5) is 4.79 Å². The molecule has 0 bridgehead atoms. The fourth-order valence-corrected chi connectivity index (χ4v) is 3.51. The standard InChI is InChI=1S/C21H31NO4/c1-2-3-4-7-13-17-19(25-20(17)23)15-8-5-6-11-16-12-9-10-14-18(16)26-21(22)24/h9-10,12,14,17,19H,2-8,11,13,15H2,1H3,(H2,22,24)/t17-,19-/m0/s1. The van der Waals surface area contributed by atoms with E-state index in [1.807, 2.05) is 18.2 Å². The van der Waals surface area contributed by atoms with Crippen LogP contribution in [0.25, 0.3) is 0 Å². The number of hydrogen-bond donors (Lipinski definition) is 1. The molecule has 0 radical (unpaired) electrons. The van der Waals surface area contributed by atoms with Gasteiger partial charge in [0.1, 0.15) is 11.9 Å². The molecule has 0 aliphatic carbocycles. The molecule has 5 heteroatoms. The first-order valence-electron chi connectivity index (χ1n) is 9.87. The second-order valence-electron chi connectivity index (χ2n) is 7.06. The number of carbonyl (C=O) groups is 2. The van der Waals surface area contributed by atoms with Gasteiger partial charge in [-0.15, -0.1) is 0 Å². The topological polar surface area (TPSA) is 78.6 Å². The first kappa shape index (κ1) is 20.3. The Labute approximate surface area is 156 Å². The highest BCUT2D eigenvalue weighted by atomic mass is 16.6. The van der Waals surface area contributed by atoms with E-state index in [2.05, 4.69) is 6.92 Å². The van der Waals surface area contributed by atoms with E-state index in [9.17, 15) is 9.59 Å². The molecule has 144 valence electrons. The fraction of sp³-hybridized carbons (Fsp3) is 0.619. The summed E-state index contributed by atoms with van der Waals surface area (Å²) in [6.07, 6.45) is 9.99. The summed E-state index contributed by atoms with van der Waals surface area (Å²) in [5, 5.41) is 0. The maximum atomic E-state index is 11.6. The van der Waals surface area contributed by atoms with Gasteiger partial charge in [0, 0.05) is 0 Å². The molecule has 26 heavy (non-hydrogen) atoms. The van der Waals surface area contributed by atoms with E-state index in [0.717, 1.165) is 50.5 Å². The van der Waals surface area contributed by atoms with Crippen molar-refractivity contribution in [1.82, 2.24) is 0 Å². The number of amides is 1. The highest BCUT2D eigenvalue weighted by molar-refractivity contribution is 5.78. The molecule has 2 rings (SSSR count). The number of aryl methyl sites for hydroxylation is 1. The molecule has 0 aromatic heterocycles. The Morgan fingerprint density at radius 2 is 1.81 bits per heavy atom. The highest BCUT2D eigenvalue weighted by Crippen LogP contribution is 2.31. The second-order valence-corrected chi connectivity index (χ2v) is 7.06. The number of benzene rings is 1. The van der Waals surface area contributed by atoms with Crippen molar-refractivity contribution in [3.8, 4) is 5.75 Å². The number of cyclic esters (lactones) is 1. The van der Waals surface area contributed by atoms with Crippen molar-refractivity contribution >= 4 is 12.1 Å². The monoisotopic (exact) mass is 361 g/mol. The van der Waals surface area contributed by atoms with Crippen LogP contribution in [0.2, 0.25) is 0 Å². The average Bonchev–Trinajstić information content (AvgIpc) is 2.61. The Balaban J connectivity index is 1.63. The Bertz CT molecular complexity index is 587. The van der Waals surface area contributed by atoms with Crippen molar-refractivity contribution < 1.29 is 19.1 Å². The molecule has 1 aliphatic rings. The summed E-state index contributed by atoms with van der Waals surface area (Å²) < 4.78 is 10.4. The molecule has 2 atom stereocenters. The summed E-state index contributed by atoms with van der Waals surface area (Å²) in [4.78, 5) is 22.6. The molecule has 0 saturated carbocycles. The summed E-state index contributed by atoms with van der Waals surface area (Å²) >= 11 is 0. The molecule has 1 aromatic carbocycles. The molecule has 0 unspecified atom stereocenters. The van der Waals surface area contributed by atoms with Gasteiger partial charge in [-0.2, -0.15) is 0 Å². The van der Waals surface area contributed by atoms with Gasteiger partial charge in [0.15, 0.2) is 0 Å². The number of carbonyl (C=O) groups excluding carboxylic acids is 2. The third-order valence-corrected chi connectivity index (χ3v) is 5.01. The number of nitrogens with two attached hydrogens (primary N) is 1. The summed E-state index contributed by atoms with van der Waals surface area (Å²) in [6, 6.07) is 7.48. The van der Waals surface area contributed by atoms with Crippen molar-refractivity contribution in [3.05, 3.63) is 29.8 Å². The van der Waals surface area contributed by atoms with E-state index in [0.29, 0.717) is 5.75 Å². The minimum atomic E-state index is -0.783. The predicted molar refractivity (Wildman–Crippen MR) is 101 cm³/mol. The van der Waals surface area contributed by atoms with Crippen LogP contribution in [0.3, 0.4) is 0 Å². The Morgan fingerprint density at radius 1 is 1.08 bits per heavy atom. The minimum Gasteiger partial charge on any atom is -0.461 e. The lowest BCUT2D eigenvalue weighted by molar-refractivity contribution is -0.186. The third-order valence-electron chi connectivity index (χ3n) is 5.01. The molecular formula is C21H31NO4. The van der Waals surface area contributed by atoms with Crippen LogP contribution < -0.4 is 10.5 Å². The van der Waals surface area contributed by atoms with E-state index < -0.39 is 6.09 Å². The molecule has 2 N–H and O–H groups in total. The van der Waals surface area contributed by atoms with Crippen molar-refractivity contribution in [1.29, 1.82) is 0 Å². The van der Waals surface area contributed by atoms with Gasteiger partial charge in [0.2, 0.25) is 0 Å². The van der Waals surface area contributed by atoms with Gasteiger partial charge in [0.25, 0.3) is 0 Å². The van der Waals surface area contributed by atoms with Crippen LogP contribution in [0.5, 0.6) is 5.75 Å². The molecule has 1 fully saturated rings. The smallest absolute Gasteiger partial charge is 0.409 e. The van der Waals surface area contributed by atoms with Crippen molar-refractivity contribution in [2.75, 3.05) is 0 Å². The highest BCUT2D eigenvalue weighted by Gasteiger charge is 2.40. The molecule has 1 amide bonds. The molecule has 0 spiro atoms. The van der Waals surface area contributed by atoms with E-state index in [1.54, 1.807) is 6.07 Å². The molecule has 1 aromatic rings. The lowest BCUT2D eigenvalue weighted by Crippen LogP contribution is -2.44. The van der Waals surface area contributed by atoms with Crippen LogP contribution in [0.15, 0.2) is 24.3 Å². The van der Waals surface area contributed by atoms with Gasteiger partial charge in [-0.25, -0.2) is 4.79 Å². The van der Waals surface area contributed by atoms with Gasteiger partial charge >= 0.3 is 12.1 Å². The third kappa shape index (κ3) is 6.36. The van der Waals surface area contributed by atoms with Crippen LogP contribution in [0.1, 0.15) is 70.3 Å². The summed E-state index contributed by atoms with van der Waals surface area (Å²) in [5.41, 5.74) is 6.09. The Morgan fingerprint density at radius 3 is 2.54 bits per heavy atom. The number of para-hydroxylation sites is 1. The first-order valence-corrected chi connectivity index (χ1v) is 9.87. The predicted octanol–water partition coefficient (Wildman–Crippen LogP) is 4.76. The fourth-order valence-electron chi connectivity index (χ4n) is 3.51. The number of ether oxygens (including phenoxy) is 2. The maximum absolute atomic E-state index is 11.6. The zero-order valence-corrected chi connectivity index (χ0v) is 15.7. The summed E-state index contributed by atoms with van der Waals surface area (Å²) in [5.74, 6) is 0.653. The first-order chi connectivity index (χ1) is 12.6. The van der Waals surface area contributed by atoms with E-state index in [-0.39, 0.29) is 18.0 Å². The van der Waals surface area contributed by atoms with Crippen LogP contribution >= 0.6 is 0 Å². The van der Waals surface area contributed by atoms with E-state index in [1.165, 1.54) is 19.3 Å². The van der Waals surface area contributed by atoms with Gasteiger partial charge in [-0.1, -0.05) is 57.2 Å². The van der Waals surface area contributed by atoms with Gasteiger partial charge in [0.05, 0.1) is 5.92 Å². The molecule has 1 heterocycles. The van der Waals surface area contributed by atoms with Crippen molar-refractivity contribution in [3.63, 3.8) is 0 Å². The maximum Gasteiger partial charge on any atom is 0.409 e. The van der Waals surface area contributed by atoms with Crippen molar-refractivity contribution in [2.24, 2.45) is 11.7 Å². The average molecular weight is 361 g/mol. The number of esters is 1. The summed E-state index contributed by atoms with van der Waals surface area (Å²) in [7, 11) is 0. The van der Waals surface area contributed by atoms with Gasteiger partial charge in [-0.05, 0) is 43.7 Å². The SMILES string of the molecule is CCCCCC[C@@H]1C(=O)O[C@H]1CCCCCc1ccccc1OC(N)=O. The van der Waals surface area contributed by atoms with Crippen LogP contribution in [-0.4, -0.2) is 18.2 Å². The second kappa shape index (κ2) is 10.8. The number of unbranched alkanes of at least 4 members (excludes halogenated alkanes) is 5. The molecule has 1 aliphatic heterocycles. The van der Waals surface area contributed by atoms with Crippen molar-refractivity contribution in [2.45, 2.75) is 77.2 Å². The lowest BCUT2D eigenvalue weighted by Gasteiger charge is -2.35. The largest absolute Gasteiger partial charge is 0.461 e. The quantitative estimate of drug-likeness (QED) is 0.430. The van der Waals surface area contributed by atoms with E-state index in [4.69, 9.17) is 15.2 Å². The molecular weight excluding hydrogens is 330 g/mol. The van der Waals surface area contributed by atoms with E-state index >= 15 is 0 Å². The zero-order valence-electron chi connectivity index (χ0n) is 15.7. The number of rotatable bonds is 12. The minimum absolute atomic E-state index is 0.0102. The molecule has 5 nitrogen and oxygen atoms in total. The lowest BCUT2D eigenvalue weighted by atomic mass is 9.87. The number of hydrogen-bond acceptors (Lipinski definition) is 4. The summed E-state index contributed by atoms with van der Waals surface area (Å²) in [6.45, 7) is 2.19.